The Labute approximate surface area is 182 Å². The van der Waals surface area contributed by atoms with Crippen LogP contribution in [0.1, 0.15) is 11.0 Å². The molecule has 1 N–H and O–H groups in total. The summed E-state index contributed by atoms with van der Waals surface area (Å²) in [5, 5.41) is 13.4. The van der Waals surface area contributed by atoms with E-state index in [0.29, 0.717) is 44.7 Å². The average Bonchev–Trinajstić information content (AvgIpc) is 3.57. The van der Waals surface area contributed by atoms with Crippen LogP contribution in [-0.2, 0) is 4.74 Å². The maximum atomic E-state index is 15.5. The van der Waals surface area contributed by atoms with E-state index in [1.165, 1.54) is 28.6 Å². The molecule has 1 aromatic carbocycles. The van der Waals surface area contributed by atoms with Gasteiger partial charge in [-0.05, 0) is 23.8 Å². The first-order chi connectivity index (χ1) is 15.7. The lowest BCUT2D eigenvalue weighted by molar-refractivity contribution is 0.179. The molecular weight excluding hydrogens is 435 g/mol. The molecule has 5 aromatic rings. The van der Waals surface area contributed by atoms with Gasteiger partial charge in [-0.3, -0.25) is 5.10 Å². The summed E-state index contributed by atoms with van der Waals surface area (Å²) in [7, 11) is 0. The smallest absolute Gasteiger partial charge is 0.416 e. The number of hydrogen-bond donors (Lipinski definition) is 1. The van der Waals surface area contributed by atoms with Gasteiger partial charge < -0.3 is 4.74 Å². The second-order valence-corrected chi connectivity index (χ2v) is 8.25. The molecule has 6 heterocycles. The van der Waals surface area contributed by atoms with E-state index >= 15 is 4.39 Å². The number of cyclic esters (lactones) is 1. The summed E-state index contributed by atoms with van der Waals surface area (Å²) in [6.45, 7) is 0.147. The highest BCUT2D eigenvalue weighted by Crippen LogP contribution is 2.41. The van der Waals surface area contributed by atoms with Crippen LogP contribution in [0.3, 0.4) is 0 Å². The van der Waals surface area contributed by atoms with Gasteiger partial charge in [0.1, 0.15) is 35.6 Å². The molecule has 1 fully saturated rings. The number of H-pyrrole nitrogens is 1. The van der Waals surface area contributed by atoms with Crippen molar-refractivity contribution in [3.63, 3.8) is 0 Å². The number of aromatic nitrogens is 7. The summed E-state index contributed by atoms with van der Waals surface area (Å²) >= 11 is 1.37. The first-order valence-corrected chi connectivity index (χ1v) is 10.5. The van der Waals surface area contributed by atoms with Crippen LogP contribution in [-0.4, -0.2) is 47.5 Å². The monoisotopic (exact) mass is 446 g/mol. The van der Waals surface area contributed by atoms with Gasteiger partial charge in [-0.1, -0.05) is 0 Å². The summed E-state index contributed by atoms with van der Waals surface area (Å²) in [4.78, 5) is 27.6. The minimum absolute atomic E-state index is 0.147. The highest BCUT2D eigenvalue weighted by atomic mass is 32.1. The van der Waals surface area contributed by atoms with Crippen LogP contribution < -0.4 is 4.90 Å². The summed E-state index contributed by atoms with van der Waals surface area (Å²) < 4.78 is 22.4. The number of aromatic amines is 1. The zero-order valence-corrected chi connectivity index (χ0v) is 16.9. The van der Waals surface area contributed by atoms with Crippen molar-refractivity contribution >= 4 is 28.9 Å². The zero-order chi connectivity index (χ0) is 21.4. The van der Waals surface area contributed by atoms with Crippen molar-refractivity contribution in [2.45, 2.75) is 6.04 Å². The van der Waals surface area contributed by atoms with Gasteiger partial charge in [0.15, 0.2) is 11.5 Å². The fourth-order valence-electron chi connectivity index (χ4n) is 4.15. The van der Waals surface area contributed by atoms with E-state index in [1.54, 1.807) is 23.0 Å². The largest absolute Gasteiger partial charge is 0.446 e. The highest BCUT2D eigenvalue weighted by Gasteiger charge is 2.39. The van der Waals surface area contributed by atoms with Gasteiger partial charge in [0, 0.05) is 22.7 Å². The quantitative estimate of drug-likeness (QED) is 0.419. The number of amides is 1. The van der Waals surface area contributed by atoms with Crippen molar-refractivity contribution in [1.82, 2.24) is 34.8 Å². The van der Waals surface area contributed by atoms with Crippen LogP contribution in [0.2, 0.25) is 0 Å². The number of nitrogens with one attached hydrogen (secondary N) is 1. The highest BCUT2D eigenvalue weighted by molar-refractivity contribution is 7.10. The second-order valence-electron chi connectivity index (χ2n) is 7.36. The predicted molar refractivity (Wildman–Crippen MR) is 111 cm³/mol. The number of nitrogens with zero attached hydrogens (tertiary/aromatic N) is 7. The SMILES string of the molecule is O=C1OC[C@H]2c3nc(cs3)-c3cc(cc(F)c3-c3ncn[nH]3)-c3cnn4ccc(nc34)N12. The lowest BCUT2D eigenvalue weighted by atomic mass is 9.97. The van der Waals surface area contributed by atoms with Gasteiger partial charge in [-0.25, -0.2) is 33.6 Å². The van der Waals surface area contributed by atoms with Gasteiger partial charge in [0.05, 0.1) is 17.5 Å². The maximum absolute atomic E-state index is 15.5. The number of ether oxygens (including phenoxy) is 1. The summed E-state index contributed by atoms with van der Waals surface area (Å²) in [6, 6.07) is 4.52. The molecule has 0 unspecified atom stereocenters. The van der Waals surface area contributed by atoms with Crippen molar-refractivity contribution in [1.29, 1.82) is 0 Å². The number of halogens is 1. The maximum Gasteiger partial charge on any atom is 0.416 e. The Hall–Kier alpha value is -4.19. The third kappa shape index (κ3) is 2.32. The zero-order valence-electron chi connectivity index (χ0n) is 16.1. The van der Waals surface area contributed by atoms with Gasteiger partial charge in [0.25, 0.3) is 0 Å². The van der Waals surface area contributed by atoms with E-state index in [0.717, 1.165) is 0 Å². The molecule has 1 atom stereocenters. The molecule has 0 spiro atoms. The van der Waals surface area contributed by atoms with Crippen molar-refractivity contribution in [2.75, 3.05) is 11.5 Å². The van der Waals surface area contributed by atoms with Crippen LogP contribution in [0.5, 0.6) is 0 Å². The van der Waals surface area contributed by atoms with Crippen molar-refractivity contribution < 1.29 is 13.9 Å². The van der Waals surface area contributed by atoms with Crippen molar-refractivity contribution in [3.05, 3.63) is 53.1 Å². The topological polar surface area (TPSA) is 114 Å². The van der Waals surface area contributed by atoms with Crippen molar-refractivity contribution in [2.24, 2.45) is 0 Å². The van der Waals surface area contributed by atoms with Crippen LogP contribution in [0, 0.1) is 5.82 Å². The predicted octanol–water partition coefficient (Wildman–Crippen LogP) is 3.46. The molecule has 4 aromatic heterocycles. The van der Waals surface area contributed by atoms with Gasteiger partial charge in [-0.15, -0.1) is 11.3 Å². The minimum atomic E-state index is -0.492. The number of thiazole rings is 1. The molecule has 0 aliphatic carbocycles. The molecule has 12 heteroatoms. The molecule has 7 rings (SSSR count). The number of rotatable bonds is 1. The average molecular weight is 446 g/mol. The van der Waals surface area contributed by atoms with Gasteiger partial charge >= 0.3 is 6.09 Å². The number of carbonyl (C=O) groups is 1. The number of carbonyl (C=O) groups excluding carboxylic acids is 1. The Morgan fingerprint density at radius 2 is 2.19 bits per heavy atom. The molecule has 0 saturated carbocycles. The molecule has 2 aliphatic heterocycles. The van der Waals surface area contributed by atoms with E-state index in [-0.39, 0.29) is 12.2 Å². The van der Waals surface area contributed by atoms with Gasteiger partial charge in [0.2, 0.25) is 0 Å². The standard InChI is InChI=1S/C20H11FN8O2S/c21-12-4-9-3-10(16(12)17-22-8-23-27-17)13-7-32-19(25-13)14-6-31-20(30)29(14)15-1-2-28-18(26-15)11(9)5-24-28/h1-5,7-8,14H,6H2,(H,22,23,27)/t14-/m0/s1. The molecule has 10 nitrogen and oxygen atoms in total. The Balaban J connectivity index is 1.59. The van der Waals surface area contributed by atoms with Gasteiger partial charge in [-0.2, -0.15) is 10.2 Å². The molecule has 1 saturated heterocycles. The van der Waals surface area contributed by atoms with E-state index in [9.17, 15) is 4.79 Å². The number of benzene rings is 1. The van der Waals surface area contributed by atoms with Crippen LogP contribution in [0.15, 0.2) is 42.3 Å². The van der Waals surface area contributed by atoms with E-state index < -0.39 is 18.0 Å². The molecule has 156 valence electrons. The summed E-state index contributed by atoms with van der Waals surface area (Å²) in [6.07, 6.45) is 4.17. The fraction of sp³-hybridized carbons (Fsp3) is 0.100. The van der Waals surface area contributed by atoms with E-state index in [4.69, 9.17) is 9.72 Å². The Kier molecular flexibility index (Phi) is 3.37. The summed E-state index contributed by atoms with van der Waals surface area (Å²) in [5.41, 5.74) is 3.08. The fourth-order valence-corrected chi connectivity index (χ4v) is 5.04. The van der Waals surface area contributed by atoms with Crippen LogP contribution in [0.4, 0.5) is 15.0 Å². The molecule has 1 amide bonds. The molecular formula is C20H11FN8O2S. The third-order valence-electron chi connectivity index (χ3n) is 5.61. The molecule has 32 heavy (non-hydrogen) atoms. The van der Waals surface area contributed by atoms with Crippen molar-refractivity contribution in [3.8, 4) is 33.8 Å². The Bertz CT molecular complexity index is 1540. The lowest BCUT2D eigenvalue weighted by Gasteiger charge is -2.19. The first-order valence-electron chi connectivity index (χ1n) is 9.63. The van der Waals surface area contributed by atoms with E-state index in [2.05, 4.69) is 25.3 Å². The third-order valence-corrected chi connectivity index (χ3v) is 6.56. The van der Waals surface area contributed by atoms with Crippen LogP contribution in [0.25, 0.3) is 39.4 Å². The molecule has 2 aliphatic rings. The second kappa shape index (κ2) is 6.17. The number of fused-ring (bicyclic) bond motifs is 10. The summed E-state index contributed by atoms with van der Waals surface area (Å²) in [5.74, 6) is 0.243. The molecule has 0 radical (unpaired) electrons. The Morgan fingerprint density at radius 1 is 1.25 bits per heavy atom. The van der Waals surface area contributed by atoms with Crippen LogP contribution >= 0.6 is 11.3 Å². The Morgan fingerprint density at radius 3 is 3.06 bits per heavy atom. The first kappa shape index (κ1) is 17.5. The minimum Gasteiger partial charge on any atom is -0.446 e. The number of anilines is 1. The normalized spacial score (nSPS) is 16.7. The van der Waals surface area contributed by atoms with E-state index in [1.807, 2.05) is 11.4 Å². The molecule has 6 bridgehead atoms. The lowest BCUT2D eigenvalue weighted by Crippen LogP contribution is -2.28. The number of hydrogen-bond acceptors (Lipinski definition) is 8.